The Morgan fingerprint density at radius 2 is 1.94 bits per heavy atom. The lowest BCUT2D eigenvalue weighted by atomic mass is 9.80. The molecule has 2 aliphatic carbocycles. The van der Waals surface area contributed by atoms with E-state index in [9.17, 15) is 0 Å². The van der Waals surface area contributed by atoms with Gasteiger partial charge in [-0.1, -0.05) is 58.6 Å². The van der Waals surface area contributed by atoms with Crippen molar-refractivity contribution in [2.24, 2.45) is 16.8 Å². The molecule has 0 aromatic rings. The molecule has 0 aromatic carbocycles. The summed E-state index contributed by atoms with van der Waals surface area (Å²) < 4.78 is -1.36. The monoisotopic (exact) mass is 317 g/mol. The Morgan fingerprint density at radius 1 is 1.25 bits per heavy atom. The Bertz CT molecular complexity index is 417. The van der Waals surface area contributed by atoms with Crippen LogP contribution in [0.2, 0.25) is 0 Å². The van der Waals surface area contributed by atoms with Crippen molar-refractivity contribution in [3.05, 3.63) is 12.2 Å². The third-order valence-corrected chi connectivity index (χ3v) is 7.23. The fourth-order valence-electron chi connectivity index (χ4n) is 3.01. The molecule has 3 rings (SSSR count). The van der Waals surface area contributed by atoms with Gasteiger partial charge in [0.05, 0.1) is 0 Å². The van der Waals surface area contributed by atoms with Crippen molar-refractivity contribution in [1.29, 1.82) is 0 Å². The van der Waals surface area contributed by atoms with E-state index in [4.69, 9.17) is 58.0 Å². The van der Waals surface area contributed by atoms with Crippen molar-refractivity contribution < 1.29 is 0 Å². The summed E-state index contributed by atoms with van der Waals surface area (Å²) in [4.78, 5) is 2.04. The Morgan fingerprint density at radius 3 is 2.62 bits per heavy atom. The van der Waals surface area contributed by atoms with Gasteiger partial charge in [0.1, 0.15) is 10.0 Å². The van der Waals surface area contributed by atoms with Crippen molar-refractivity contribution >= 4 is 63.2 Å². The maximum Gasteiger partial charge on any atom is 0.183 e. The number of alkyl halides is 4. The average molecular weight is 319 g/mol. The molecule has 1 aliphatic heterocycles. The molecule has 4 atom stereocenters. The van der Waals surface area contributed by atoms with E-state index in [2.05, 4.69) is 11.1 Å². The largest absolute Gasteiger partial charge is 0.249 e. The van der Waals surface area contributed by atoms with Crippen LogP contribution in [0.1, 0.15) is 12.8 Å². The SMILES string of the molecule is ClC1=N[C@@]2(Cl)[C@H]3CCC=C[C@H]3[C@]1(Cl)C2(Cl)Cl. The molecule has 6 heteroatoms. The highest BCUT2D eigenvalue weighted by atomic mass is 35.5. The van der Waals surface area contributed by atoms with Gasteiger partial charge in [0.25, 0.3) is 0 Å². The van der Waals surface area contributed by atoms with Crippen molar-refractivity contribution in [2.45, 2.75) is 27.0 Å². The van der Waals surface area contributed by atoms with Crippen LogP contribution in [0.15, 0.2) is 17.1 Å². The number of nitrogens with zero attached hydrogens (tertiary/aromatic N) is 1. The first-order valence-electron chi connectivity index (χ1n) is 5.04. The highest BCUT2D eigenvalue weighted by Gasteiger charge is 2.80. The predicted molar refractivity (Wildman–Crippen MR) is 70.2 cm³/mol. The fraction of sp³-hybridized carbons (Fsp3) is 0.700. The smallest absolute Gasteiger partial charge is 0.183 e. The fourth-order valence-corrected chi connectivity index (χ4v) is 5.29. The van der Waals surface area contributed by atoms with Crippen LogP contribution < -0.4 is 0 Å². The predicted octanol–water partition coefficient (Wildman–Crippen LogP) is 4.32. The van der Waals surface area contributed by atoms with E-state index in [1.807, 2.05) is 6.08 Å². The minimum Gasteiger partial charge on any atom is -0.249 e. The molecule has 16 heavy (non-hydrogen) atoms. The summed E-state index contributed by atoms with van der Waals surface area (Å²) in [5, 5.41) is 0.224. The van der Waals surface area contributed by atoms with Crippen LogP contribution in [0, 0.1) is 11.8 Å². The summed E-state index contributed by atoms with van der Waals surface area (Å²) in [5.41, 5.74) is 0. The molecule has 1 fully saturated rings. The number of aliphatic imine (C=N–C) groups is 1. The van der Waals surface area contributed by atoms with Gasteiger partial charge in [-0.25, -0.2) is 4.99 Å². The molecule has 0 N–H and O–H groups in total. The summed E-state index contributed by atoms with van der Waals surface area (Å²) >= 11 is 31.8. The highest BCUT2D eigenvalue weighted by Crippen LogP contribution is 2.72. The number of hydrogen-bond donors (Lipinski definition) is 0. The lowest BCUT2D eigenvalue weighted by Crippen LogP contribution is -2.46. The molecule has 1 heterocycles. The lowest BCUT2D eigenvalue weighted by molar-refractivity contribution is 0.333. The van der Waals surface area contributed by atoms with Gasteiger partial charge in [0, 0.05) is 11.8 Å². The van der Waals surface area contributed by atoms with Crippen LogP contribution in [0.3, 0.4) is 0 Å². The second-order valence-electron chi connectivity index (χ2n) is 4.50. The molecule has 0 aromatic heterocycles. The molecule has 0 radical (unpaired) electrons. The second kappa shape index (κ2) is 3.24. The number of allylic oxidation sites excluding steroid dienone is 2. The van der Waals surface area contributed by atoms with Crippen LogP contribution in [0.25, 0.3) is 0 Å². The first-order chi connectivity index (χ1) is 7.36. The Labute approximate surface area is 119 Å². The van der Waals surface area contributed by atoms with Gasteiger partial charge in [-0.15, -0.1) is 11.6 Å². The van der Waals surface area contributed by atoms with Gasteiger partial charge in [0.2, 0.25) is 0 Å². The van der Waals surface area contributed by atoms with E-state index >= 15 is 0 Å². The number of fused-ring (bicyclic) bond motifs is 5. The molecule has 88 valence electrons. The molecule has 0 saturated heterocycles. The third kappa shape index (κ3) is 1.02. The Kier molecular flexibility index (Phi) is 2.42. The number of halogens is 5. The zero-order valence-corrected chi connectivity index (χ0v) is 11.8. The standard InChI is InChI=1S/C10H8Cl5N/c11-7-8(12)5-3-1-2-4-6(5)9(13,16-7)10(8,14)15/h1,3,5-6H,2,4H2/t5-,6+,8-,9+/m1/s1. The van der Waals surface area contributed by atoms with E-state index in [0.717, 1.165) is 12.8 Å². The van der Waals surface area contributed by atoms with Crippen LogP contribution in [-0.2, 0) is 0 Å². The van der Waals surface area contributed by atoms with E-state index in [0.29, 0.717) is 0 Å². The minimum absolute atomic E-state index is 0.0413. The molecular formula is C10H8Cl5N. The van der Waals surface area contributed by atoms with Crippen LogP contribution in [0.4, 0.5) is 0 Å². The lowest BCUT2D eigenvalue weighted by Gasteiger charge is -2.34. The van der Waals surface area contributed by atoms with Gasteiger partial charge in [0.15, 0.2) is 9.33 Å². The van der Waals surface area contributed by atoms with E-state index < -0.39 is 14.2 Å². The third-order valence-electron chi connectivity index (χ3n) is 3.83. The molecule has 0 amide bonds. The Hall–Kier alpha value is 0.860. The van der Waals surface area contributed by atoms with E-state index in [1.165, 1.54) is 0 Å². The Balaban J connectivity index is 2.25. The average Bonchev–Trinajstić information content (AvgIpc) is 2.46. The van der Waals surface area contributed by atoms with Crippen molar-refractivity contribution in [2.75, 3.05) is 0 Å². The van der Waals surface area contributed by atoms with Crippen molar-refractivity contribution in [3.8, 4) is 0 Å². The first kappa shape index (κ1) is 11.9. The minimum atomic E-state index is -1.36. The zero-order valence-electron chi connectivity index (χ0n) is 8.06. The van der Waals surface area contributed by atoms with Gasteiger partial charge >= 0.3 is 0 Å². The molecule has 0 spiro atoms. The molecule has 1 saturated carbocycles. The van der Waals surface area contributed by atoms with E-state index in [-0.39, 0.29) is 17.0 Å². The van der Waals surface area contributed by atoms with Gasteiger partial charge < -0.3 is 0 Å². The quantitative estimate of drug-likeness (QED) is 0.358. The number of rotatable bonds is 0. The summed E-state index contributed by atoms with van der Waals surface area (Å²) in [7, 11) is 0. The maximum atomic E-state index is 6.54. The normalized spacial score (nSPS) is 52.7. The zero-order chi connectivity index (χ0) is 11.8. The summed E-state index contributed by atoms with van der Waals surface area (Å²) in [6, 6.07) is 0. The molecular weight excluding hydrogens is 311 g/mol. The van der Waals surface area contributed by atoms with Gasteiger partial charge in [-0.3, -0.25) is 0 Å². The van der Waals surface area contributed by atoms with Crippen molar-refractivity contribution in [1.82, 2.24) is 0 Å². The molecule has 3 aliphatic rings. The maximum absolute atomic E-state index is 6.54. The van der Waals surface area contributed by atoms with Crippen LogP contribution in [-0.4, -0.2) is 19.4 Å². The highest BCUT2D eigenvalue weighted by molar-refractivity contribution is 6.78. The van der Waals surface area contributed by atoms with E-state index in [1.54, 1.807) is 0 Å². The molecule has 1 nitrogen and oxygen atoms in total. The summed E-state index contributed by atoms with van der Waals surface area (Å²) in [5.74, 6) is 0.00887. The molecule has 2 bridgehead atoms. The van der Waals surface area contributed by atoms with Crippen LogP contribution >= 0.6 is 58.0 Å². The van der Waals surface area contributed by atoms with Crippen LogP contribution in [0.5, 0.6) is 0 Å². The first-order valence-corrected chi connectivity index (χ1v) is 6.93. The second-order valence-corrected chi connectivity index (χ2v) is 7.36. The molecule has 0 unspecified atom stereocenters. The van der Waals surface area contributed by atoms with Gasteiger partial charge in [-0.05, 0) is 12.8 Å². The summed E-state index contributed by atoms with van der Waals surface area (Å²) in [6.45, 7) is 0. The van der Waals surface area contributed by atoms with Gasteiger partial charge in [-0.2, -0.15) is 0 Å². The summed E-state index contributed by atoms with van der Waals surface area (Å²) in [6.07, 6.45) is 5.91. The topological polar surface area (TPSA) is 12.4 Å². The van der Waals surface area contributed by atoms with Crippen molar-refractivity contribution in [3.63, 3.8) is 0 Å². The number of hydrogen-bond acceptors (Lipinski definition) is 1.